The molecule has 0 spiro atoms. The van der Waals surface area contributed by atoms with Crippen molar-refractivity contribution in [1.29, 1.82) is 0 Å². The van der Waals surface area contributed by atoms with Gasteiger partial charge in [0, 0.05) is 0 Å². The molecule has 5 nitrogen and oxygen atoms in total. The van der Waals surface area contributed by atoms with Gasteiger partial charge in [-0.25, -0.2) is 9.59 Å². The first kappa shape index (κ1) is 8.34. The van der Waals surface area contributed by atoms with E-state index in [1.54, 1.807) is 0 Å². The molecule has 72 valence electrons. The molecule has 0 aromatic carbocycles. The lowest BCUT2D eigenvalue weighted by Gasteiger charge is -2.26. The number of carbonyl (C=O) groups is 2. The lowest BCUT2D eigenvalue weighted by atomic mass is 9.95. The third-order valence-electron chi connectivity index (χ3n) is 2.30. The van der Waals surface area contributed by atoms with Crippen molar-refractivity contribution < 1.29 is 23.8 Å². The van der Waals surface area contributed by atoms with Gasteiger partial charge in [0.15, 0.2) is 0 Å². The zero-order valence-corrected chi connectivity index (χ0v) is 7.02. The summed E-state index contributed by atoms with van der Waals surface area (Å²) in [5.74, 6) is 0. The second-order valence-electron chi connectivity index (χ2n) is 3.20. The predicted octanol–water partition coefficient (Wildman–Crippen LogP) is 1.60. The van der Waals surface area contributed by atoms with E-state index in [0.717, 1.165) is 25.7 Å². The Bertz CT molecular complexity index is 213. The highest BCUT2D eigenvalue weighted by Crippen LogP contribution is 2.26. The number of rotatable bonds is 0. The number of hydrogen-bond donors (Lipinski definition) is 0. The second kappa shape index (κ2) is 3.24. The van der Waals surface area contributed by atoms with Gasteiger partial charge in [-0.05, 0) is 25.7 Å². The second-order valence-corrected chi connectivity index (χ2v) is 3.20. The number of carbonyl (C=O) groups excluding carboxylic acids is 2. The molecule has 0 amide bonds. The van der Waals surface area contributed by atoms with Crippen LogP contribution < -0.4 is 0 Å². The van der Waals surface area contributed by atoms with Gasteiger partial charge in [0.1, 0.15) is 12.2 Å². The molecular weight excluding hydrogens is 176 g/mol. The SMILES string of the molecule is O=C1OC(=O)OC2CCCCC2O1. The van der Waals surface area contributed by atoms with E-state index >= 15 is 0 Å². The van der Waals surface area contributed by atoms with E-state index in [0.29, 0.717) is 0 Å². The molecule has 0 radical (unpaired) electrons. The van der Waals surface area contributed by atoms with Crippen LogP contribution in [-0.4, -0.2) is 24.5 Å². The summed E-state index contributed by atoms with van der Waals surface area (Å²) >= 11 is 0. The fourth-order valence-electron chi connectivity index (χ4n) is 1.70. The highest BCUT2D eigenvalue weighted by Gasteiger charge is 2.36. The lowest BCUT2D eigenvalue weighted by molar-refractivity contribution is -0.0106. The Morgan fingerprint density at radius 3 is 1.85 bits per heavy atom. The van der Waals surface area contributed by atoms with E-state index in [-0.39, 0.29) is 12.2 Å². The van der Waals surface area contributed by atoms with Crippen molar-refractivity contribution in [1.82, 2.24) is 0 Å². The van der Waals surface area contributed by atoms with Crippen LogP contribution in [0.5, 0.6) is 0 Å². The first-order valence-corrected chi connectivity index (χ1v) is 4.35. The molecule has 1 saturated carbocycles. The van der Waals surface area contributed by atoms with E-state index in [1.807, 2.05) is 0 Å². The number of cyclic esters (lactones) is 2. The van der Waals surface area contributed by atoms with Crippen molar-refractivity contribution in [2.24, 2.45) is 0 Å². The van der Waals surface area contributed by atoms with Gasteiger partial charge in [-0.3, -0.25) is 0 Å². The van der Waals surface area contributed by atoms with Crippen molar-refractivity contribution in [2.45, 2.75) is 37.9 Å². The van der Waals surface area contributed by atoms with Gasteiger partial charge in [0.2, 0.25) is 0 Å². The summed E-state index contributed by atoms with van der Waals surface area (Å²) in [5.41, 5.74) is 0. The highest BCUT2D eigenvalue weighted by atomic mass is 16.8. The topological polar surface area (TPSA) is 61.8 Å². The third-order valence-corrected chi connectivity index (χ3v) is 2.30. The van der Waals surface area contributed by atoms with Crippen molar-refractivity contribution >= 4 is 12.3 Å². The molecule has 1 aliphatic carbocycles. The fraction of sp³-hybridized carbons (Fsp3) is 0.750. The summed E-state index contributed by atoms with van der Waals surface area (Å²) in [6.45, 7) is 0. The maximum Gasteiger partial charge on any atom is 0.518 e. The molecule has 2 rings (SSSR count). The van der Waals surface area contributed by atoms with Gasteiger partial charge in [-0.1, -0.05) is 0 Å². The maximum atomic E-state index is 10.8. The van der Waals surface area contributed by atoms with Gasteiger partial charge in [-0.2, -0.15) is 0 Å². The molecule has 0 N–H and O–H groups in total. The highest BCUT2D eigenvalue weighted by molar-refractivity contribution is 5.77. The molecule has 0 aromatic heterocycles. The van der Waals surface area contributed by atoms with E-state index < -0.39 is 12.3 Å². The molecule has 2 aliphatic rings. The quantitative estimate of drug-likeness (QED) is 0.424. The Balaban J connectivity index is 2.09. The van der Waals surface area contributed by atoms with Crippen LogP contribution in [0.3, 0.4) is 0 Å². The van der Waals surface area contributed by atoms with Crippen molar-refractivity contribution in [3.63, 3.8) is 0 Å². The molecule has 5 heteroatoms. The smallest absolute Gasteiger partial charge is 0.427 e. The average Bonchev–Trinajstić information content (AvgIpc) is 2.20. The van der Waals surface area contributed by atoms with Gasteiger partial charge >= 0.3 is 12.3 Å². The summed E-state index contributed by atoms with van der Waals surface area (Å²) in [7, 11) is 0. The maximum absolute atomic E-state index is 10.8. The summed E-state index contributed by atoms with van der Waals surface area (Å²) in [4.78, 5) is 21.6. The Labute approximate surface area is 74.9 Å². The van der Waals surface area contributed by atoms with E-state index in [1.165, 1.54) is 0 Å². The Kier molecular flexibility index (Phi) is 2.08. The van der Waals surface area contributed by atoms with E-state index in [9.17, 15) is 9.59 Å². The molecule has 1 aliphatic heterocycles. The van der Waals surface area contributed by atoms with Gasteiger partial charge in [0.25, 0.3) is 0 Å². The molecule has 2 unspecified atom stereocenters. The summed E-state index contributed by atoms with van der Waals surface area (Å²) in [6, 6.07) is 0. The fourth-order valence-corrected chi connectivity index (χ4v) is 1.70. The van der Waals surface area contributed by atoms with Crippen molar-refractivity contribution in [3.05, 3.63) is 0 Å². The zero-order valence-electron chi connectivity index (χ0n) is 7.02. The average molecular weight is 186 g/mol. The van der Waals surface area contributed by atoms with Crippen molar-refractivity contribution in [2.75, 3.05) is 0 Å². The predicted molar refractivity (Wildman–Crippen MR) is 40.1 cm³/mol. The Morgan fingerprint density at radius 1 is 0.923 bits per heavy atom. The van der Waals surface area contributed by atoms with Crippen LogP contribution in [0.25, 0.3) is 0 Å². The monoisotopic (exact) mass is 186 g/mol. The Morgan fingerprint density at radius 2 is 1.38 bits per heavy atom. The van der Waals surface area contributed by atoms with Gasteiger partial charge in [-0.15, -0.1) is 0 Å². The van der Waals surface area contributed by atoms with Crippen LogP contribution >= 0.6 is 0 Å². The minimum Gasteiger partial charge on any atom is -0.427 e. The van der Waals surface area contributed by atoms with Crippen LogP contribution in [0, 0.1) is 0 Å². The van der Waals surface area contributed by atoms with Gasteiger partial charge in [0.05, 0.1) is 0 Å². The molecule has 1 heterocycles. The number of ether oxygens (including phenoxy) is 3. The third kappa shape index (κ3) is 1.74. The zero-order chi connectivity index (χ0) is 9.26. The largest absolute Gasteiger partial charge is 0.518 e. The molecule has 13 heavy (non-hydrogen) atoms. The normalized spacial score (nSPS) is 33.5. The molecule has 2 fully saturated rings. The van der Waals surface area contributed by atoms with Crippen LogP contribution in [0.1, 0.15) is 25.7 Å². The van der Waals surface area contributed by atoms with E-state index in [2.05, 4.69) is 4.74 Å². The molecule has 0 aromatic rings. The minimum atomic E-state index is -0.945. The van der Waals surface area contributed by atoms with Gasteiger partial charge < -0.3 is 14.2 Å². The molecule has 0 bridgehead atoms. The minimum absolute atomic E-state index is 0.312. The number of fused-ring (bicyclic) bond motifs is 1. The van der Waals surface area contributed by atoms with Crippen LogP contribution in [0.4, 0.5) is 9.59 Å². The lowest BCUT2D eigenvalue weighted by Crippen LogP contribution is -2.33. The molecular formula is C8H10O5. The first-order chi connectivity index (χ1) is 6.25. The summed E-state index contributed by atoms with van der Waals surface area (Å²) in [5, 5.41) is 0. The molecule has 2 atom stereocenters. The van der Waals surface area contributed by atoms with Crippen LogP contribution in [0.2, 0.25) is 0 Å². The standard InChI is InChI=1S/C8H10O5/c9-7-11-5-3-1-2-4-6(5)12-8(10)13-7/h5-6H,1-4H2. The molecule has 1 saturated heterocycles. The number of hydrogen-bond acceptors (Lipinski definition) is 5. The van der Waals surface area contributed by atoms with E-state index in [4.69, 9.17) is 9.47 Å². The van der Waals surface area contributed by atoms with Crippen molar-refractivity contribution in [3.8, 4) is 0 Å². The van der Waals surface area contributed by atoms with Crippen LogP contribution in [-0.2, 0) is 14.2 Å². The van der Waals surface area contributed by atoms with Crippen LogP contribution in [0.15, 0.2) is 0 Å². The Hall–Kier alpha value is -1.26. The summed E-state index contributed by atoms with van der Waals surface area (Å²) in [6.07, 6.45) is 0.956. The first-order valence-electron chi connectivity index (χ1n) is 4.35. The summed E-state index contributed by atoms with van der Waals surface area (Å²) < 4.78 is 13.9.